The van der Waals surface area contributed by atoms with E-state index in [1.54, 1.807) is 17.5 Å². The van der Waals surface area contributed by atoms with Gasteiger partial charge in [0.1, 0.15) is 4.60 Å². The second-order valence-corrected chi connectivity index (χ2v) is 5.20. The molecule has 0 radical (unpaired) electrons. The molecule has 0 atom stereocenters. The van der Waals surface area contributed by atoms with Gasteiger partial charge < -0.3 is 5.32 Å². The standard InChI is InChI=1S/C10H10BrN3S/c1-7-12-5-9(15-7)6-13-8-2-3-10(11)14-4-8/h2-5,13H,6H2,1H3. The van der Waals surface area contributed by atoms with Gasteiger partial charge in [0.05, 0.1) is 23.4 Å². The number of thiazole rings is 1. The Bertz CT molecular complexity index is 438. The maximum atomic E-state index is 4.20. The second kappa shape index (κ2) is 4.72. The number of rotatable bonds is 3. The van der Waals surface area contributed by atoms with E-state index in [9.17, 15) is 0 Å². The first-order valence-corrected chi connectivity index (χ1v) is 6.12. The average Bonchev–Trinajstić information content (AvgIpc) is 2.64. The Labute approximate surface area is 101 Å². The summed E-state index contributed by atoms with van der Waals surface area (Å²) in [6.07, 6.45) is 3.71. The highest BCUT2D eigenvalue weighted by atomic mass is 79.9. The lowest BCUT2D eigenvalue weighted by molar-refractivity contribution is 1.15. The van der Waals surface area contributed by atoms with Crippen LogP contribution in [-0.2, 0) is 6.54 Å². The van der Waals surface area contributed by atoms with Gasteiger partial charge in [0, 0.05) is 11.1 Å². The van der Waals surface area contributed by atoms with Crippen molar-refractivity contribution in [1.29, 1.82) is 0 Å². The van der Waals surface area contributed by atoms with E-state index in [0.29, 0.717) is 0 Å². The molecular weight excluding hydrogens is 274 g/mol. The van der Waals surface area contributed by atoms with E-state index in [4.69, 9.17) is 0 Å². The second-order valence-electron chi connectivity index (χ2n) is 3.07. The van der Waals surface area contributed by atoms with Gasteiger partial charge in [0.15, 0.2) is 0 Å². The molecule has 15 heavy (non-hydrogen) atoms. The predicted octanol–water partition coefficient (Wildman–Crippen LogP) is 3.22. The van der Waals surface area contributed by atoms with E-state index in [2.05, 4.69) is 31.2 Å². The minimum absolute atomic E-state index is 0.800. The van der Waals surface area contributed by atoms with Gasteiger partial charge in [-0.1, -0.05) is 0 Å². The number of aromatic nitrogens is 2. The first-order chi connectivity index (χ1) is 7.24. The zero-order chi connectivity index (χ0) is 10.7. The number of hydrogen-bond donors (Lipinski definition) is 1. The Morgan fingerprint density at radius 2 is 2.20 bits per heavy atom. The number of aryl methyl sites for hydroxylation is 1. The predicted molar refractivity (Wildman–Crippen MR) is 66.1 cm³/mol. The average molecular weight is 284 g/mol. The van der Waals surface area contributed by atoms with Crippen LogP contribution in [0.1, 0.15) is 9.88 Å². The molecule has 0 spiro atoms. The molecule has 0 saturated carbocycles. The van der Waals surface area contributed by atoms with Gasteiger partial charge >= 0.3 is 0 Å². The van der Waals surface area contributed by atoms with Crippen molar-refractivity contribution in [3.63, 3.8) is 0 Å². The van der Waals surface area contributed by atoms with Crippen LogP contribution in [0.25, 0.3) is 0 Å². The summed E-state index contributed by atoms with van der Waals surface area (Å²) < 4.78 is 0.849. The lowest BCUT2D eigenvalue weighted by Crippen LogP contribution is -1.97. The van der Waals surface area contributed by atoms with Crippen LogP contribution in [0.2, 0.25) is 0 Å². The topological polar surface area (TPSA) is 37.8 Å². The van der Waals surface area contributed by atoms with Crippen LogP contribution in [0.4, 0.5) is 5.69 Å². The highest BCUT2D eigenvalue weighted by Crippen LogP contribution is 2.15. The van der Waals surface area contributed by atoms with Gasteiger partial charge in [-0.3, -0.25) is 0 Å². The van der Waals surface area contributed by atoms with Crippen molar-refractivity contribution in [2.45, 2.75) is 13.5 Å². The highest BCUT2D eigenvalue weighted by Gasteiger charge is 1.98. The molecular formula is C10H10BrN3S. The van der Waals surface area contributed by atoms with E-state index in [1.807, 2.05) is 25.3 Å². The van der Waals surface area contributed by atoms with Gasteiger partial charge in [-0.25, -0.2) is 9.97 Å². The fourth-order valence-electron chi connectivity index (χ4n) is 1.16. The molecule has 0 fully saturated rings. The van der Waals surface area contributed by atoms with Crippen LogP contribution in [0.5, 0.6) is 0 Å². The van der Waals surface area contributed by atoms with E-state index >= 15 is 0 Å². The van der Waals surface area contributed by atoms with Crippen molar-refractivity contribution < 1.29 is 0 Å². The van der Waals surface area contributed by atoms with Crippen molar-refractivity contribution in [3.05, 3.63) is 39.0 Å². The van der Waals surface area contributed by atoms with Gasteiger partial charge in [0.2, 0.25) is 0 Å². The Morgan fingerprint density at radius 3 is 2.80 bits per heavy atom. The minimum Gasteiger partial charge on any atom is -0.379 e. The fraction of sp³-hybridized carbons (Fsp3) is 0.200. The normalized spacial score (nSPS) is 10.3. The van der Waals surface area contributed by atoms with Gasteiger partial charge in [0.25, 0.3) is 0 Å². The molecule has 0 aliphatic carbocycles. The van der Waals surface area contributed by atoms with Crippen LogP contribution in [0.3, 0.4) is 0 Å². The first-order valence-electron chi connectivity index (χ1n) is 4.51. The van der Waals surface area contributed by atoms with E-state index in [0.717, 1.165) is 21.8 Å². The molecule has 5 heteroatoms. The van der Waals surface area contributed by atoms with E-state index < -0.39 is 0 Å². The molecule has 2 rings (SSSR count). The summed E-state index contributed by atoms with van der Waals surface area (Å²) in [4.78, 5) is 9.57. The van der Waals surface area contributed by atoms with Gasteiger partial charge in [-0.05, 0) is 35.0 Å². The Kier molecular flexibility index (Phi) is 3.33. The molecule has 1 N–H and O–H groups in total. The first kappa shape index (κ1) is 10.6. The maximum absolute atomic E-state index is 4.20. The summed E-state index contributed by atoms with van der Waals surface area (Å²) in [5.74, 6) is 0. The van der Waals surface area contributed by atoms with Crippen molar-refractivity contribution >= 4 is 33.0 Å². The molecule has 3 nitrogen and oxygen atoms in total. The van der Waals surface area contributed by atoms with Crippen LogP contribution in [0.15, 0.2) is 29.1 Å². The van der Waals surface area contributed by atoms with Crippen LogP contribution in [-0.4, -0.2) is 9.97 Å². The molecule has 0 aliphatic rings. The smallest absolute Gasteiger partial charge is 0.106 e. The molecule has 0 aliphatic heterocycles. The number of halogens is 1. The Balaban J connectivity index is 1.96. The third-order valence-corrected chi connectivity index (χ3v) is 3.25. The molecule has 0 unspecified atom stereocenters. The summed E-state index contributed by atoms with van der Waals surface area (Å²) in [5.41, 5.74) is 1.02. The molecule has 0 aromatic carbocycles. The zero-order valence-corrected chi connectivity index (χ0v) is 10.6. The molecule has 2 aromatic heterocycles. The summed E-state index contributed by atoms with van der Waals surface area (Å²) in [6.45, 7) is 2.81. The molecule has 78 valence electrons. The maximum Gasteiger partial charge on any atom is 0.106 e. The summed E-state index contributed by atoms with van der Waals surface area (Å²) in [6, 6.07) is 3.91. The molecule has 0 saturated heterocycles. The third-order valence-electron chi connectivity index (χ3n) is 1.86. The quantitative estimate of drug-likeness (QED) is 0.879. The SMILES string of the molecule is Cc1ncc(CNc2ccc(Br)nc2)s1. The third kappa shape index (κ3) is 3.00. The number of nitrogens with one attached hydrogen (secondary N) is 1. The Morgan fingerprint density at radius 1 is 1.33 bits per heavy atom. The van der Waals surface area contributed by atoms with Gasteiger partial charge in [-0.2, -0.15) is 0 Å². The summed E-state index contributed by atoms with van der Waals surface area (Å²) in [5, 5.41) is 4.39. The van der Waals surface area contributed by atoms with E-state index in [1.165, 1.54) is 4.88 Å². The van der Waals surface area contributed by atoms with Crippen molar-refractivity contribution in [2.24, 2.45) is 0 Å². The Hall–Kier alpha value is -0.940. The number of pyridine rings is 1. The summed E-state index contributed by atoms with van der Waals surface area (Å²) >= 11 is 5.00. The number of anilines is 1. The number of nitrogens with zero attached hydrogens (tertiary/aromatic N) is 2. The molecule has 0 bridgehead atoms. The monoisotopic (exact) mass is 283 g/mol. The van der Waals surface area contributed by atoms with Crippen LogP contribution < -0.4 is 5.32 Å². The fourth-order valence-corrected chi connectivity index (χ4v) is 2.13. The van der Waals surface area contributed by atoms with E-state index in [-0.39, 0.29) is 0 Å². The minimum atomic E-state index is 0.800. The lowest BCUT2D eigenvalue weighted by Gasteiger charge is -2.03. The van der Waals surface area contributed by atoms with Gasteiger partial charge in [-0.15, -0.1) is 11.3 Å². The van der Waals surface area contributed by atoms with Crippen LogP contribution >= 0.6 is 27.3 Å². The molecule has 2 heterocycles. The van der Waals surface area contributed by atoms with Crippen molar-refractivity contribution in [1.82, 2.24) is 9.97 Å². The zero-order valence-electron chi connectivity index (χ0n) is 8.20. The highest BCUT2D eigenvalue weighted by molar-refractivity contribution is 9.10. The number of hydrogen-bond acceptors (Lipinski definition) is 4. The summed E-state index contributed by atoms with van der Waals surface area (Å²) in [7, 11) is 0. The van der Waals surface area contributed by atoms with Crippen molar-refractivity contribution in [2.75, 3.05) is 5.32 Å². The van der Waals surface area contributed by atoms with Crippen LogP contribution in [0, 0.1) is 6.92 Å². The lowest BCUT2D eigenvalue weighted by atomic mass is 10.4. The largest absolute Gasteiger partial charge is 0.379 e. The molecule has 2 aromatic rings. The van der Waals surface area contributed by atoms with Crippen molar-refractivity contribution in [3.8, 4) is 0 Å². The molecule has 0 amide bonds.